The third kappa shape index (κ3) is 3.23. The molecule has 0 aromatic rings. The van der Waals surface area contributed by atoms with Crippen molar-refractivity contribution in [3.8, 4) is 0 Å². The van der Waals surface area contributed by atoms with Crippen molar-refractivity contribution >= 4 is 6.03 Å². The summed E-state index contributed by atoms with van der Waals surface area (Å²) in [6.07, 6.45) is 0. The van der Waals surface area contributed by atoms with Gasteiger partial charge in [-0.2, -0.15) is 0 Å². The highest BCUT2D eigenvalue weighted by atomic mass is 16.3. The first-order valence-corrected chi connectivity index (χ1v) is 1.39. The fraction of sp³-hybridized carbons (Fsp3) is 0.500. The second-order valence-corrected chi connectivity index (χ2v) is 0.685. The third-order valence-electron chi connectivity index (χ3n) is 0.246. The number of nitrogens with two attached hydrogens (primary N) is 1. The lowest BCUT2D eigenvalue weighted by molar-refractivity contribution is 0.169. The van der Waals surface area contributed by atoms with Gasteiger partial charge < -0.3 is 11.1 Å². The number of carbonyl (C=O) groups is 1. The van der Waals surface area contributed by atoms with E-state index in [1.54, 1.807) is 5.32 Å². The number of rotatable bonds is 1. The Morgan fingerprint density at radius 1 is 1.83 bits per heavy atom. The maximum Gasteiger partial charge on any atom is 0.314 e. The van der Waals surface area contributed by atoms with Gasteiger partial charge in [-0.15, -0.1) is 0 Å². The monoisotopic (exact) mass is 89.0 g/mol. The minimum atomic E-state index is -0.773. The molecule has 0 atom stereocenters. The second-order valence-electron chi connectivity index (χ2n) is 0.685. The summed E-state index contributed by atoms with van der Waals surface area (Å²) in [5.74, 6) is 0. The summed E-state index contributed by atoms with van der Waals surface area (Å²) in [6, 6.07) is -0.773. The molecule has 6 heavy (non-hydrogen) atoms. The summed E-state index contributed by atoms with van der Waals surface area (Å²) < 4.78 is 0. The van der Waals surface area contributed by atoms with Crippen molar-refractivity contribution in [1.82, 2.24) is 5.32 Å². The van der Waals surface area contributed by atoms with Crippen molar-refractivity contribution in [3.05, 3.63) is 0 Å². The highest BCUT2D eigenvalue weighted by Gasteiger charge is 1.81. The third-order valence-corrected chi connectivity index (χ3v) is 0.246. The maximum absolute atomic E-state index is 9.51. The zero-order valence-electron chi connectivity index (χ0n) is 3.10. The average molecular weight is 89.1 g/mol. The van der Waals surface area contributed by atoms with E-state index in [2.05, 4.69) is 5.73 Å². The molecule has 3 N–H and O–H groups in total. The summed E-state index contributed by atoms with van der Waals surface area (Å²) in [6.45, 7) is -0.644. The van der Waals surface area contributed by atoms with Crippen LogP contribution in [0.15, 0.2) is 0 Å². The van der Waals surface area contributed by atoms with Gasteiger partial charge in [0.2, 0.25) is 0 Å². The number of nitrogens with one attached hydrogen (secondary N) is 1. The van der Waals surface area contributed by atoms with E-state index in [0.717, 1.165) is 0 Å². The van der Waals surface area contributed by atoms with Crippen LogP contribution in [-0.4, -0.2) is 12.8 Å². The molecule has 0 fully saturated rings. The van der Waals surface area contributed by atoms with E-state index in [4.69, 9.17) is 0 Å². The molecule has 0 bridgehead atoms. The summed E-state index contributed by atoms with van der Waals surface area (Å²) in [7, 11) is 0. The standard InChI is InChI=1S/C2H5N2O2/c3-2(6)4-1-5/h1H2,(H3,3,4,6). The van der Waals surface area contributed by atoms with Crippen LogP contribution in [0.4, 0.5) is 4.79 Å². The SMILES string of the molecule is NC(=O)NC[O]. The molecule has 35 valence electrons. The molecular formula is C2H5N2O2. The lowest BCUT2D eigenvalue weighted by Crippen LogP contribution is -2.29. The van der Waals surface area contributed by atoms with Gasteiger partial charge in [-0.1, -0.05) is 0 Å². The van der Waals surface area contributed by atoms with Crippen molar-refractivity contribution in [2.45, 2.75) is 0 Å². The lowest BCUT2D eigenvalue weighted by Gasteiger charge is -1.86. The van der Waals surface area contributed by atoms with Crippen molar-refractivity contribution in [3.63, 3.8) is 0 Å². The van der Waals surface area contributed by atoms with E-state index in [9.17, 15) is 9.90 Å². The molecule has 4 nitrogen and oxygen atoms in total. The minimum absolute atomic E-state index is 0.644. The first-order valence-electron chi connectivity index (χ1n) is 1.39. The van der Waals surface area contributed by atoms with Gasteiger partial charge in [0, 0.05) is 0 Å². The van der Waals surface area contributed by atoms with Crippen molar-refractivity contribution in [2.24, 2.45) is 5.73 Å². The lowest BCUT2D eigenvalue weighted by atomic mass is 11.0. The molecular weight excluding hydrogens is 84.0 g/mol. The molecule has 0 rings (SSSR count). The van der Waals surface area contributed by atoms with Crippen molar-refractivity contribution in [1.29, 1.82) is 0 Å². The van der Waals surface area contributed by atoms with E-state index in [-0.39, 0.29) is 0 Å². The predicted molar refractivity (Wildman–Crippen MR) is 18.3 cm³/mol. The molecule has 0 aromatic carbocycles. The zero-order chi connectivity index (χ0) is 4.99. The Labute approximate surface area is 34.9 Å². The van der Waals surface area contributed by atoms with E-state index >= 15 is 0 Å². The minimum Gasteiger partial charge on any atom is -0.352 e. The van der Waals surface area contributed by atoms with E-state index in [1.165, 1.54) is 0 Å². The van der Waals surface area contributed by atoms with Crippen LogP contribution in [0.3, 0.4) is 0 Å². The fourth-order valence-corrected chi connectivity index (χ4v) is 0.0711. The number of carbonyl (C=O) groups excluding carboxylic acids is 1. The largest absolute Gasteiger partial charge is 0.352 e. The molecule has 2 amide bonds. The molecule has 0 saturated carbocycles. The Morgan fingerprint density at radius 2 is 2.33 bits per heavy atom. The quantitative estimate of drug-likeness (QED) is 0.399. The first kappa shape index (κ1) is 5.23. The van der Waals surface area contributed by atoms with Crippen LogP contribution in [0.2, 0.25) is 0 Å². The van der Waals surface area contributed by atoms with Gasteiger partial charge >= 0.3 is 6.03 Å². The molecule has 4 heteroatoms. The molecule has 0 aliphatic heterocycles. The van der Waals surface area contributed by atoms with E-state index < -0.39 is 12.8 Å². The Kier molecular flexibility index (Phi) is 2.15. The molecule has 0 aliphatic carbocycles. The van der Waals surface area contributed by atoms with Crippen LogP contribution in [0.1, 0.15) is 0 Å². The molecule has 0 unspecified atom stereocenters. The Hall–Kier alpha value is -0.770. The van der Waals surface area contributed by atoms with Crippen molar-refractivity contribution < 1.29 is 9.90 Å². The average Bonchev–Trinajstić information content (AvgIpc) is 1.35. The van der Waals surface area contributed by atoms with Crippen LogP contribution in [0.25, 0.3) is 0 Å². The molecule has 0 saturated heterocycles. The van der Waals surface area contributed by atoms with Gasteiger partial charge in [-0.3, -0.25) is 0 Å². The van der Waals surface area contributed by atoms with Gasteiger partial charge in [-0.25, -0.2) is 9.90 Å². The number of urea groups is 1. The number of primary amides is 1. The summed E-state index contributed by atoms with van der Waals surface area (Å²) >= 11 is 0. The highest BCUT2D eigenvalue weighted by molar-refractivity contribution is 5.71. The number of hydrogen-bond acceptors (Lipinski definition) is 1. The van der Waals surface area contributed by atoms with Crippen LogP contribution in [0.5, 0.6) is 0 Å². The Bertz CT molecular complexity index is 53.5. The zero-order valence-corrected chi connectivity index (χ0v) is 3.10. The topological polar surface area (TPSA) is 75.0 Å². The Balaban J connectivity index is 2.83. The van der Waals surface area contributed by atoms with Crippen molar-refractivity contribution in [2.75, 3.05) is 6.73 Å². The van der Waals surface area contributed by atoms with Gasteiger partial charge in [-0.05, 0) is 0 Å². The van der Waals surface area contributed by atoms with Gasteiger partial charge in [0.15, 0.2) is 6.73 Å². The fourth-order valence-electron chi connectivity index (χ4n) is 0.0711. The van der Waals surface area contributed by atoms with Crippen LogP contribution in [0, 0.1) is 0 Å². The van der Waals surface area contributed by atoms with Crippen LogP contribution < -0.4 is 11.1 Å². The highest BCUT2D eigenvalue weighted by Crippen LogP contribution is 1.47. The van der Waals surface area contributed by atoms with E-state index in [0.29, 0.717) is 0 Å². The first-order chi connectivity index (χ1) is 2.77. The maximum atomic E-state index is 9.51. The van der Waals surface area contributed by atoms with E-state index in [1.807, 2.05) is 0 Å². The second kappa shape index (κ2) is 2.47. The summed E-state index contributed by atoms with van der Waals surface area (Å²) in [5, 5.41) is 11.1. The predicted octanol–water partition coefficient (Wildman–Crippen LogP) is -0.957. The number of amides is 2. The number of hydrogen-bond donors (Lipinski definition) is 2. The Morgan fingerprint density at radius 3 is 2.33 bits per heavy atom. The molecule has 1 radical (unpaired) electrons. The smallest absolute Gasteiger partial charge is 0.314 e. The normalized spacial score (nSPS) is 7.50. The summed E-state index contributed by atoms with van der Waals surface area (Å²) in [4.78, 5) is 9.51. The summed E-state index contributed by atoms with van der Waals surface area (Å²) in [5.41, 5.74) is 4.45. The van der Waals surface area contributed by atoms with Crippen LogP contribution in [-0.2, 0) is 5.11 Å². The molecule has 0 aliphatic rings. The van der Waals surface area contributed by atoms with Gasteiger partial charge in [0.25, 0.3) is 0 Å². The molecule has 0 aromatic heterocycles. The van der Waals surface area contributed by atoms with Crippen LogP contribution >= 0.6 is 0 Å². The molecule has 0 heterocycles. The van der Waals surface area contributed by atoms with Gasteiger partial charge in [0.1, 0.15) is 0 Å². The molecule has 0 spiro atoms. The van der Waals surface area contributed by atoms with Gasteiger partial charge in [0.05, 0.1) is 0 Å².